The number of nitrogens with one attached hydrogen (secondary N) is 1. The molecule has 0 radical (unpaired) electrons. The van der Waals surface area contributed by atoms with Gasteiger partial charge in [-0.15, -0.1) is 0 Å². The summed E-state index contributed by atoms with van der Waals surface area (Å²) in [6.45, 7) is 9.35. The van der Waals surface area contributed by atoms with Gasteiger partial charge >= 0.3 is 0 Å². The third-order valence-corrected chi connectivity index (χ3v) is 3.56. The zero-order valence-corrected chi connectivity index (χ0v) is 14.3. The molecule has 1 heterocycles. The Labute approximate surface area is 133 Å². The average molecular weight is 298 g/mol. The van der Waals surface area contributed by atoms with Gasteiger partial charge in [0, 0.05) is 25.3 Å². The highest BCUT2D eigenvalue weighted by Gasteiger charge is 2.07. The molecule has 0 fully saturated rings. The van der Waals surface area contributed by atoms with Gasteiger partial charge in [0.25, 0.3) is 0 Å². The molecule has 2 rings (SSSR count). The van der Waals surface area contributed by atoms with Crippen molar-refractivity contribution in [1.82, 2.24) is 9.97 Å². The van der Waals surface area contributed by atoms with E-state index in [4.69, 9.17) is 0 Å². The minimum atomic E-state index is 0.785. The lowest BCUT2D eigenvalue weighted by Crippen LogP contribution is -2.20. The van der Waals surface area contributed by atoms with Crippen LogP contribution in [0.5, 0.6) is 0 Å². The van der Waals surface area contributed by atoms with Crippen LogP contribution in [0.3, 0.4) is 0 Å². The van der Waals surface area contributed by atoms with Crippen LogP contribution in [-0.2, 0) is 0 Å². The molecule has 2 aromatic rings. The Morgan fingerprint density at radius 1 is 1.00 bits per heavy atom. The fraction of sp³-hybridized carbons (Fsp3) is 0.444. The lowest BCUT2D eigenvalue weighted by Gasteiger charge is -2.19. The molecule has 1 aromatic carbocycles. The zero-order valence-electron chi connectivity index (χ0n) is 14.3. The van der Waals surface area contributed by atoms with Crippen LogP contribution < -0.4 is 10.2 Å². The van der Waals surface area contributed by atoms with Crippen molar-refractivity contribution in [2.75, 3.05) is 23.8 Å². The third kappa shape index (κ3) is 4.45. The summed E-state index contributed by atoms with van der Waals surface area (Å²) < 4.78 is 0. The van der Waals surface area contributed by atoms with E-state index in [0.29, 0.717) is 0 Å². The molecule has 0 spiro atoms. The maximum atomic E-state index is 4.54. The van der Waals surface area contributed by atoms with Crippen LogP contribution in [0.4, 0.5) is 17.3 Å². The second kappa shape index (κ2) is 7.25. The molecule has 1 aromatic heterocycles. The number of unbranched alkanes of at least 4 members (excludes halogenated alkanes) is 1. The largest absolute Gasteiger partial charge is 0.360 e. The molecule has 0 aliphatic heterocycles. The summed E-state index contributed by atoms with van der Waals surface area (Å²) in [5, 5.41) is 3.40. The first-order chi connectivity index (χ1) is 10.5. The molecule has 4 nitrogen and oxygen atoms in total. The number of anilines is 3. The Bertz CT molecular complexity index is 617. The van der Waals surface area contributed by atoms with Gasteiger partial charge in [0.2, 0.25) is 0 Å². The molecule has 0 aliphatic carbocycles. The number of nitrogens with zero attached hydrogens (tertiary/aromatic N) is 3. The fourth-order valence-corrected chi connectivity index (χ4v) is 2.52. The molecule has 0 bridgehead atoms. The van der Waals surface area contributed by atoms with Crippen LogP contribution in [0.2, 0.25) is 0 Å². The van der Waals surface area contributed by atoms with Crippen molar-refractivity contribution in [1.29, 1.82) is 0 Å². The maximum absolute atomic E-state index is 4.54. The number of hydrogen-bond donors (Lipinski definition) is 1. The van der Waals surface area contributed by atoms with E-state index in [-0.39, 0.29) is 0 Å². The predicted molar refractivity (Wildman–Crippen MR) is 94.1 cm³/mol. The van der Waals surface area contributed by atoms with E-state index < -0.39 is 0 Å². The Kier molecular flexibility index (Phi) is 5.36. The lowest BCUT2D eigenvalue weighted by molar-refractivity contribution is 0.756. The van der Waals surface area contributed by atoms with Crippen LogP contribution in [0.15, 0.2) is 24.3 Å². The summed E-state index contributed by atoms with van der Waals surface area (Å²) in [5.74, 6) is 2.59. The van der Waals surface area contributed by atoms with Crippen molar-refractivity contribution in [3.8, 4) is 0 Å². The van der Waals surface area contributed by atoms with Crippen LogP contribution in [-0.4, -0.2) is 23.6 Å². The van der Waals surface area contributed by atoms with Crippen LogP contribution in [0, 0.1) is 20.8 Å². The van der Waals surface area contributed by atoms with Gasteiger partial charge in [-0.1, -0.05) is 19.4 Å². The van der Waals surface area contributed by atoms with E-state index in [0.717, 1.165) is 29.7 Å². The number of rotatable bonds is 6. The Morgan fingerprint density at radius 3 is 2.32 bits per heavy atom. The van der Waals surface area contributed by atoms with E-state index in [9.17, 15) is 0 Å². The second-order valence-corrected chi connectivity index (χ2v) is 5.94. The molecule has 0 atom stereocenters. The van der Waals surface area contributed by atoms with Gasteiger partial charge in [-0.2, -0.15) is 0 Å². The Balaban J connectivity index is 2.22. The summed E-state index contributed by atoms with van der Waals surface area (Å²) in [6, 6.07) is 8.44. The smallest absolute Gasteiger partial charge is 0.136 e. The minimum absolute atomic E-state index is 0.785. The van der Waals surface area contributed by atoms with Gasteiger partial charge in [0.1, 0.15) is 17.5 Å². The summed E-state index contributed by atoms with van der Waals surface area (Å²) in [4.78, 5) is 11.2. The SMILES string of the molecule is CCCCN(C)c1cc(Nc2cc(C)cc(C)c2)nc(C)n1. The van der Waals surface area contributed by atoms with Crippen molar-refractivity contribution in [2.24, 2.45) is 0 Å². The fourth-order valence-electron chi connectivity index (χ4n) is 2.52. The molecule has 118 valence electrons. The van der Waals surface area contributed by atoms with Gasteiger partial charge < -0.3 is 10.2 Å². The summed E-state index contributed by atoms with van der Waals surface area (Å²) in [5.41, 5.74) is 3.56. The van der Waals surface area contributed by atoms with E-state index in [1.807, 2.05) is 13.0 Å². The van der Waals surface area contributed by atoms with Gasteiger partial charge in [0.15, 0.2) is 0 Å². The number of hydrogen-bond acceptors (Lipinski definition) is 4. The molecule has 0 saturated carbocycles. The van der Waals surface area contributed by atoms with Gasteiger partial charge in [-0.25, -0.2) is 9.97 Å². The molecular formula is C18H26N4. The summed E-state index contributed by atoms with van der Waals surface area (Å²) in [6.07, 6.45) is 2.35. The normalized spacial score (nSPS) is 10.6. The molecule has 0 amide bonds. The molecule has 22 heavy (non-hydrogen) atoms. The summed E-state index contributed by atoms with van der Waals surface area (Å²) in [7, 11) is 2.08. The van der Waals surface area contributed by atoms with Gasteiger partial charge in [-0.3, -0.25) is 0 Å². The number of aryl methyl sites for hydroxylation is 3. The highest BCUT2D eigenvalue weighted by atomic mass is 15.2. The first-order valence-electron chi connectivity index (χ1n) is 7.90. The quantitative estimate of drug-likeness (QED) is 0.859. The van der Waals surface area contributed by atoms with Crippen molar-refractivity contribution in [3.05, 3.63) is 41.2 Å². The Morgan fingerprint density at radius 2 is 1.68 bits per heavy atom. The third-order valence-electron chi connectivity index (χ3n) is 3.56. The molecular weight excluding hydrogens is 272 g/mol. The average Bonchev–Trinajstić information content (AvgIpc) is 2.42. The van der Waals surface area contributed by atoms with Crippen LogP contribution >= 0.6 is 0 Å². The zero-order chi connectivity index (χ0) is 16.1. The molecule has 0 saturated heterocycles. The Hall–Kier alpha value is -2.10. The van der Waals surface area contributed by atoms with Crippen molar-refractivity contribution in [2.45, 2.75) is 40.5 Å². The monoisotopic (exact) mass is 298 g/mol. The number of benzene rings is 1. The van der Waals surface area contributed by atoms with Gasteiger partial charge in [0.05, 0.1) is 0 Å². The van der Waals surface area contributed by atoms with E-state index in [2.05, 4.69) is 66.2 Å². The van der Waals surface area contributed by atoms with Crippen LogP contribution in [0.1, 0.15) is 36.7 Å². The minimum Gasteiger partial charge on any atom is -0.360 e. The van der Waals surface area contributed by atoms with Crippen LogP contribution in [0.25, 0.3) is 0 Å². The maximum Gasteiger partial charge on any atom is 0.136 e. The van der Waals surface area contributed by atoms with Crippen molar-refractivity contribution < 1.29 is 0 Å². The van der Waals surface area contributed by atoms with E-state index in [1.54, 1.807) is 0 Å². The molecule has 0 unspecified atom stereocenters. The van der Waals surface area contributed by atoms with E-state index in [1.165, 1.54) is 24.0 Å². The predicted octanol–water partition coefficient (Wildman–Crippen LogP) is 4.38. The molecule has 1 N–H and O–H groups in total. The summed E-state index contributed by atoms with van der Waals surface area (Å²) >= 11 is 0. The molecule has 4 heteroatoms. The first kappa shape index (κ1) is 16.3. The standard InChI is InChI=1S/C18H26N4/c1-6-7-8-22(5)18-12-17(19-15(4)20-18)21-16-10-13(2)9-14(3)11-16/h9-12H,6-8H2,1-5H3,(H,19,20,21). The number of aromatic nitrogens is 2. The second-order valence-electron chi connectivity index (χ2n) is 5.94. The van der Waals surface area contributed by atoms with E-state index >= 15 is 0 Å². The topological polar surface area (TPSA) is 41.0 Å². The first-order valence-corrected chi connectivity index (χ1v) is 7.90. The van der Waals surface area contributed by atoms with Crippen molar-refractivity contribution >= 4 is 17.3 Å². The van der Waals surface area contributed by atoms with Crippen molar-refractivity contribution in [3.63, 3.8) is 0 Å². The highest BCUT2D eigenvalue weighted by Crippen LogP contribution is 2.21. The van der Waals surface area contributed by atoms with Gasteiger partial charge in [-0.05, 0) is 50.5 Å². The highest BCUT2D eigenvalue weighted by molar-refractivity contribution is 5.61. The lowest BCUT2D eigenvalue weighted by atomic mass is 10.1. The molecule has 0 aliphatic rings.